The highest BCUT2D eigenvalue weighted by Crippen LogP contribution is 2.19. The van der Waals surface area contributed by atoms with Gasteiger partial charge in [0.2, 0.25) is 0 Å². The summed E-state index contributed by atoms with van der Waals surface area (Å²) in [4.78, 5) is 11.6. The molecule has 0 bridgehead atoms. The lowest BCUT2D eigenvalue weighted by Gasteiger charge is -2.31. The Balaban J connectivity index is 0.00000341. The molecule has 0 amide bonds. The lowest BCUT2D eigenvalue weighted by molar-refractivity contribution is 0.176. The van der Waals surface area contributed by atoms with Gasteiger partial charge in [0.15, 0.2) is 5.96 Å². The number of nitrogens with one attached hydrogen (secondary N) is 2. The molecular weight excluding hydrogens is 531 g/mol. The van der Waals surface area contributed by atoms with Gasteiger partial charge in [0.05, 0.1) is 17.2 Å². The van der Waals surface area contributed by atoms with Gasteiger partial charge in [0.25, 0.3) is 0 Å². The van der Waals surface area contributed by atoms with E-state index < -0.39 is 11.6 Å². The first kappa shape index (κ1) is 25.9. The molecular formula is C22H32F2IN5S. The van der Waals surface area contributed by atoms with Gasteiger partial charge in [-0.1, -0.05) is 6.92 Å². The number of hydrogen-bond donors (Lipinski definition) is 2. The number of hydrogen-bond acceptors (Lipinski definition) is 4. The van der Waals surface area contributed by atoms with E-state index in [-0.39, 0.29) is 36.1 Å². The van der Waals surface area contributed by atoms with Crippen LogP contribution in [0.2, 0.25) is 0 Å². The molecule has 1 aliphatic rings. The molecule has 2 heterocycles. The highest BCUT2D eigenvalue weighted by molar-refractivity contribution is 14.0. The first-order chi connectivity index (χ1) is 14.6. The van der Waals surface area contributed by atoms with Gasteiger partial charge in [-0.05, 0) is 63.4 Å². The number of aryl methyl sites for hydroxylation is 1. The summed E-state index contributed by atoms with van der Waals surface area (Å²) in [6, 6.07) is 3.46. The average Bonchev–Trinajstić information content (AvgIpc) is 3.21. The molecule has 0 spiro atoms. The molecule has 0 unspecified atom stereocenters. The molecule has 31 heavy (non-hydrogen) atoms. The number of thiazole rings is 1. The molecule has 0 radical (unpaired) electrons. The number of guanidine groups is 1. The number of rotatable bonds is 8. The third kappa shape index (κ3) is 8.27. The van der Waals surface area contributed by atoms with Crippen molar-refractivity contribution in [3.05, 3.63) is 51.5 Å². The van der Waals surface area contributed by atoms with E-state index in [0.717, 1.165) is 57.6 Å². The third-order valence-corrected chi connectivity index (χ3v) is 6.35. The third-order valence-electron chi connectivity index (χ3n) is 5.31. The molecule has 1 aromatic heterocycles. The quantitative estimate of drug-likeness (QED) is 0.281. The van der Waals surface area contributed by atoms with Crippen molar-refractivity contribution in [1.82, 2.24) is 20.5 Å². The zero-order valence-electron chi connectivity index (χ0n) is 18.2. The second-order valence-corrected chi connectivity index (χ2v) is 8.56. The number of halogens is 3. The van der Waals surface area contributed by atoms with Crippen LogP contribution in [-0.2, 0) is 19.5 Å². The summed E-state index contributed by atoms with van der Waals surface area (Å²) in [6.45, 7) is 8.82. The summed E-state index contributed by atoms with van der Waals surface area (Å²) in [6.07, 6.45) is 3.24. The lowest BCUT2D eigenvalue weighted by atomic mass is 9.97. The topological polar surface area (TPSA) is 52.6 Å². The van der Waals surface area contributed by atoms with Crippen molar-refractivity contribution in [3.63, 3.8) is 0 Å². The van der Waals surface area contributed by atoms with Gasteiger partial charge in [-0.2, -0.15) is 0 Å². The van der Waals surface area contributed by atoms with E-state index in [9.17, 15) is 8.78 Å². The number of aromatic nitrogens is 1. The molecule has 0 saturated carbocycles. The van der Waals surface area contributed by atoms with Gasteiger partial charge in [-0.15, -0.1) is 35.3 Å². The van der Waals surface area contributed by atoms with Crippen LogP contribution in [0.15, 0.2) is 28.6 Å². The number of piperidine rings is 1. The van der Waals surface area contributed by atoms with Gasteiger partial charge in [0.1, 0.15) is 11.6 Å². The van der Waals surface area contributed by atoms with E-state index in [4.69, 9.17) is 0 Å². The van der Waals surface area contributed by atoms with Crippen LogP contribution in [-0.4, -0.2) is 42.0 Å². The smallest absolute Gasteiger partial charge is 0.191 e. The molecule has 5 nitrogen and oxygen atoms in total. The largest absolute Gasteiger partial charge is 0.357 e. The Kier molecular flexibility index (Phi) is 11.1. The van der Waals surface area contributed by atoms with Crippen LogP contribution in [0.4, 0.5) is 8.78 Å². The first-order valence-corrected chi connectivity index (χ1v) is 11.6. The highest BCUT2D eigenvalue weighted by Gasteiger charge is 2.20. The molecule has 2 aromatic rings. The number of aliphatic imine (C=N–C) groups is 1. The molecule has 0 aliphatic carbocycles. The van der Waals surface area contributed by atoms with Crippen molar-refractivity contribution >= 4 is 41.3 Å². The van der Waals surface area contributed by atoms with Gasteiger partial charge in [-0.3, -0.25) is 4.90 Å². The monoisotopic (exact) mass is 563 g/mol. The van der Waals surface area contributed by atoms with Crippen LogP contribution in [0.1, 0.15) is 43.0 Å². The molecule has 1 saturated heterocycles. The fraction of sp³-hybridized carbons (Fsp3) is 0.545. The maximum absolute atomic E-state index is 13.8. The molecule has 9 heteroatoms. The first-order valence-electron chi connectivity index (χ1n) is 10.7. The number of benzene rings is 1. The van der Waals surface area contributed by atoms with Crippen molar-refractivity contribution in [2.45, 2.75) is 46.2 Å². The van der Waals surface area contributed by atoms with Gasteiger partial charge in [-0.25, -0.2) is 18.8 Å². The van der Waals surface area contributed by atoms with E-state index >= 15 is 0 Å². The Morgan fingerprint density at radius 3 is 2.68 bits per heavy atom. The van der Waals surface area contributed by atoms with Crippen LogP contribution in [0.25, 0.3) is 0 Å². The maximum atomic E-state index is 13.8. The Morgan fingerprint density at radius 2 is 2.00 bits per heavy atom. The van der Waals surface area contributed by atoms with Gasteiger partial charge < -0.3 is 10.6 Å². The Hall–Kier alpha value is -1.33. The fourth-order valence-corrected chi connectivity index (χ4v) is 4.31. The summed E-state index contributed by atoms with van der Waals surface area (Å²) in [5.74, 6) is 0.320. The predicted octanol–water partition coefficient (Wildman–Crippen LogP) is 4.57. The van der Waals surface area contributed by atoms with Crippen molar-refractivity contribution < 1.29 is 8.78 Å². The van der Waals surface area contributed by atoms with Crippen LogP contribution >= 0.6 is 35.3 Å². The highest BCUT2D eigenvalue weighted by atomic mass is 127. The minimum atomic E-state index is -0.449. The fourth-order valence-electron chi connectivity index (χ4n) is 3.57. The Morgan fingerprint density at radius 1 is 1.23 bits per heavy atom. The minimum Gasteiger partial charge on any atom is -0.357 e. The second kappa shape index (κ2) is 13.3. The predicted molar refractivity (Wildman–Crippen MR) is 134 cm³/mol. The Bertz CT molecular complexity index is 837. The average molecular weight is 564 g/mol. The zero-order chi connectivity index (χ0) is 21.3. The molecule has 3 rings (SSSR count). The minimum absolute atomic E-state index is 0. The molecule has 0 atom stereocenters. The molecule has 2 N–H and O–H groups in total. The second-order valence-electron chi connectivity index (χ2n) is 7.62. The summed E-state index contributed by atoms with van der Waals surface area (Å²) in [7, 11) is 0. The van der Waals surface area contributed by atoms with E-state index in [0.29, 0.717) is 18.4 Å². The van der Waals surface area contributed by atoms with E-state index in [2.05, 4.69) is 37.8 Å². The summed E-state index contributed by atoms with van der Waals surface area (Å²) in [5.41, 5.74) is 1.44. The van der Waals surface area contributed by atoms with Gasteiger partial charge in [0, 0.05) is 30.6 Å². The van der Waals surface area contributed by atoms with Crippen molar-refractivity contribution in [3.8, 4) is 0 Å². The molecule has 1 aromatic carbocycles. The van der Waals surface area contributed by atoms with E-state index in [1.54, 1.807) is 11.3 Å². The van der Waals surface area contributed by atoms with Gasteiger partial charge >= 0.3 is 0 Å². The van der Waals surface area contributed by atoms with Crippen LogP contribution < -0.4 is 10.6 Å². The van der Waals surface area contributed by atoms with Crippen molar-refractivity contribution in [2.24, 2.45) is 10.9 Å². The number of likely N-dealkylation sites (tertiary alicyclic amines) is 1. The van der Waals surface area contributed by atoms with Crippen LogP contribution in [0.3, 0.4) is 0 Å². The number of nitrogens with zero attached hydrogens (tertiary/aromatic N) is 3. The van der Waals surface area contributed by atoms with Crippen molar-refractivity contribution in [1.29, 1.82) is 0 Å². The molecule has 172 valence electrons. The SMILES string of the molecule is CCNC(=NCc1cc(F)ccc1F)NCC1CCN(Cc2csc(CC)n2)CC1.I. The maximum Gasteiger partial charge on any atom is 0.191 e. The van der Waals surface area contributed by atoms with Crippen molar-refractivity contribution in [2.75, 3.05) is 26.2 Å². The molecule has 1 aliphatic heterocycles. The summed E-state index contributed by atoms with van der Waals surface area (Å²) in [5, 5.41) is 9.92. The normalized spacial score (nSPS) is 15.5. The van der Waals surface area contributed by atoms with Crippen LogP contribution in [0, 0.1) is 17.6 Å². The zero-order valence-corrected chi connectivity index (χ0v) is 21.3. The molecule has 1 fully saturated rings. The van der Waals surface area contributed by atoms with E-state index in [1.165, 1.54) is 16.8 Å². The standard InChI is InChI=1S/C22H31F2N5S.HI/c1-3-21-28-19(15-30-21)14-29-9-7-16(8-10-29)12-26-22(25-4-2)27-13-17-11-18(23)5-6-20(17)24;/h5-6,11,15-16H,3-4,7-10,12-14H2,1-2H3,(H2,25,26,27);1H. The van der Waals surface area contributed by atoms with E-state index in [1.807, 2.05) is 6.92 Å². The Labute approximate surface area is 204 Å². The van der Waals surface area contributed by atoms with Crippen LogP contribution in [0.5, 0.6) is 0 Å². The summed E-state index contributed by atoms with van der Waals surface area (Å²) < 4.78 is 27.2. The lowest BCUT2D eigenvalue weighted by Crippen LogP contribution is -2.42. The summed E-state index contributed by atoms with van der Waals surface area (Å²) >= 11 is 1.75.